The monoisotopic (exact) mass is 270 g/mol. The topological polar surface area (TPSA) is 46.5 Å². The zero-order valence-electron chi connectivity index (χ0n) is 8.07. The highest BCUT2D eigenvalue weighted by Gasteiger charge is 2.33. The standard InChI is InChI=1S/C11H11BrO3/c12-8-7-11(14,5-4-9(8)13)10-3-1-2-6-15-10/h3-5,7,14H,1-2,6H2. The molecule has 4 heteroatoms. The normalized spacial score (nSPS) is 30.7. The number of ketones is 1. The molecule has 1 unspecified atom stereocenters. The van der Waals surface area contributed by atoms with E-state index in [1.807, 2.05) is 6.08 Å². The lowest BCUT2D eigenvalue weighted by Gasteiger charge is -2.28. The van der Waals surface area contributed by atoms with Crippen LogP contribution in [0.25, 0.3) is 0 Å². The third-order valence-electron chi connectivity index (χ3n) is 2.40. The second kappa shape index (κ2) is 3.94. The predicted molar refractivity (Wildman–Crippen MR) is 59.4 cm³/mol. The van der Waals surface area contributed by atoms with Crippen LogP contribution in [0.2, 0.25) is 0 Å². The van der Waals surface area contributed by atoms with Crippen molar-refractivity contribution in [3.8, 4) is 0 Å². The lowest BCUT2D eigenvalue weighted by atomic mass is 9.93. The summed E-state index contributed by atoms with van der Waals surface area (Å²) >= 11 is 3.11. The highest BCUT2D eigenvalue weighted by atomic mass is 79.9. The molecule has 1 heterocycles. The largest absolute Gasteiger partial charge is 0.494 e. The van der Waals surface area contributed by atoms with Crippen molar-refractivity contribution in [2.24, 2.45) is 0 Å². The number of carbonyl (C=O) groups is 1. The van der Waals surface area contributed by atoms with Crippen molar-refractivity contribution in [1.29, 1.82) is 0 Å². The molecule has 3 nitrogen and oxygen atoms in total. The van der Waals surface area contributed by atoms with Gasteiger partial charge in [-0.1, -0.05) is 0 Å². The van der Waals surface area contributed by atoms with Gasteiger partial charge in [0.05, 0.1) is 11.1 Å². The summed E-state index contributed by atoms with van der Waals surface area (Å²) in [6, 6.07) is 0. The van der Waals surface area contributed by atoms with Gasteiger partial charge in [-0.05, 0) is 53.1 Å². The lowest BCUT2D eigenvalue weighted by molar-refractivity contribution is -0.111. The molecule has 2 rings (SSSR count). The maximum absolute atomic E-state index is 11.2. The Morgan fingerprint density at radius 3 is 2.93 bits per heavy atom. The van der Waals surface area contributed by atoms with Gasteiger partial charge in [0, 0.05) is 0 Å². The number of carbonyl (C=O) groups excluding carboxylic acids is 1. The lowest BCUT2D eigenvalue weighted by Crippen LogP contribution is -2.32. The molecule has 2 aliphatic rings. The Morgan fingerprint density at radius 2 is 2.33 bits per heavy atom. The van der Waals surface area contributed by atoms with Crippen LogP contribution in [-0.4, -0.2) is 23.1 Å². The maximum Gasteiger partial charge on any atom is 0.192 e. The average molecular weight is 271 g/mol. The Balaban J connectivity index is 2.31. The van der Waals surface area contributed by atoms with Gasteiger partial charge in [0.25, 0.3) is 0 Å². The molecule has 0 saturated carbocycles. The van der Waals surface area contributed by atoms with Gasteiger partial charge < -0.3 is 9.84 Å². The Hall–Kier alpha value is -0.870. The molecule has 15 heavy (non-hydrogen) atoms. The molecule has 80 valence electrons. The van der Waals surface area contributed by atoms with Gasteiger partial charge in [0.15, 0.2) is 11.4 Å². The summed E-state index contributed by atoms with van der Waals surface area (Å²) in [4.78, 5) is 11.2. The minimum atomic E-state index is -1.27. The van der Waals surface area contributed by atoms with Crippen LogP contribution >= 0.6 is 15.9 Å². The first-order valence-electron chi connectivity index (χ1n) is 4.79. The number of hydrogen-bond acceptors (Lipinski definition) is 3. The fourth-order valence-electron chi connectivity index (χ4n) is 1.58. The molecule has 0 aromatic carbocycles. The number of ether oxygens (including phenoxy) is 1. The van der Waals surface area contributed by atoms with Crippen LogP contribution in [-0.2, 0) is 9.53 Å². The second-order valence-electron chi connectivity index (χ2n) is 3.57. The van der Waals surface area contributed by atoms with E-state index in [4.69, 9.17) is 4.74 Å². The van der Waals surface area contributed by atoms with Gasteiger partial charge in [-0.15, -0.1) is 0 Å². The summed E-state index contributed by atoms with van der Waals surface area (Å²) in [5.41, 5.74) is -1.27. The number of allylic oxidation sites excluding steroid dienone is 3. The summed E-state index contributed by atoms with van der Waals surface area (Å²) in [6.07, 6.45) is 7.99. The first-order valence-corrected chi connectivity index (χ1v) is 5.59. The van der Waals surface area contributed by atoms with E-state index in [1.54, 1.807) is 0 Å². The van der Waals surface area contributed by atoms with Crippen LogP contribution < -0.4 is 0 Å². The molecule has 0 radical (unpaired) electrons. The van der Waals surface area contributed by atoms with E-state index in [0.717, 1.165) is 12.8 Å². The molecular formula is C11H11BrO3. The summed E-state index contributed by atoms with van der Waals surface area (Å²) in [5, 5.41) is 10.2. The number of hydrogen-bond donors (Lipinski definition) is 1. The molecule has 1 aliphatic carbocycles. The minimum Gasteiger partial charge on any atom is -0.494 e. The van der Waals surface area contributed by atoms with Crippen molar-refractivity contribution in [2.75, 3.05) is 6.61 Å². The van der Waals surface area contributed by atoms with Gasteiger partial charge in [-0.2, -0.15) is 0 Å². The van der Waals surface area contributed by atoms with Crippen molar-refractivity contribution in [2.45, 2.75) is 18.4 Å². The van der Waals surface area contributed by atoms with E-state index in [2.05, 4.69) is 15.9 Å². The van der Waals surface area contributed by atoms with Crippen LogP contribution in [0.1, 0.15) is 12.8 Å². The number of halogens is 1. The fourth-order valence-corrected chi connectivity index (χ4v) is 2.07. The highest BCUT2D eigenvalue weighted by Crippen LogP contribution is 2.31. The Kier molecular flexibility index (Phi) is 2.80. The first-order chi connectivity index (χ1) is 7.12. The van der Waals surface area contributed by atoms with Crippen molar-refractivity contribution in [1.82, 2.24) is 0 Å². The third kappa shape index (κ3) is 2.06. The van der Waals surface area contributed by atoms with E-state index >= 15 is 0 Å². The zero-order chi connectivity index (χ0) is 10.9. The van der Waals surface area contributed by atoms with E-state index in [9.17, 15) is 9.90 Å². The Morgan fingerprint density at radius 1 is 1.53 bits per heavy atom. The van der Waals surface area contributed by atoms with Crippen molar-refractivity contribution < 1.29 is 14.6 Å². The fraction of sp³-hybridized carbons (Fsp3) is 0.364. The first kappa shape index (κ1) is 10.6. The zero-order valence-corrected chi connectivity index (χ0v) is 9.66. The van der Waals surface area contributed by atoms with Crippen LogP contribution in [0.4, 0.5) is 0 Å². The molecule has 0 spiro atoms. The molecule has 0 fully saturated rings. The van der Waals surface area contributed by atoms with Crippen molar-refractivity contribution in [3.05, 3.63) is 34.5 Å². The van der Waals surface area contributed by atoms with Gasteiger partial charge in [0.2, 0.25) is 0 Å². The highest BCUT2D eigenvalue weighted by molar-refractivity contribution is 9.12. The molecule has 0 bridgehead atoms. The summed E-state index contributed by atoms with van der Waals surface area (Å²) < 4.78 is 5.75. The molecule has 1 aliphatic heterocycles. The summed E-state index contributed by atoms with van der Waals surface area (Å²) in [5.74, 6) is 0.366. The van der Waals surface area contributed by atoms with Crippen LogP contribution in [0.15, 0.2) is 34.5 Å². The van der Waals surface area contributed by atoms with Gasteiger partial charge >= 0.3 is 0 Å². The second-order valence-corrected chi connectivity index (χ2v) is 4.43. The Bertz CT molecular complexity index is 381. The van der Waals surface area contributed by atoms with E-state index in [-0.39, 0.29) is 5.78 Å². The summed E-state index contributed by atoms with van der Waals surface area (Å²) in [6.45, 7) is 0.612. The quantitative estimate of drug-likeness (QED) is 0.791. The molecular weight excluding hydrogens is 260 g/mol. The van der Waals surface area contributed by atoms with Gasteiger partial charge in [-0.3, -0.25) is 4.79 Å². The van der Waals surface area contributed by atoms with E-state index in [1.165, 1.54) is 18.2 Å². The number of rotatable bonds is 1. The molecule has 1 atom stereocenters. The molecule has 0 aromatic heterocycles. The van der Waals surface area contributed by atoms with Gasteiger partial charge in [-0.25, -0.2) is 0 Å². The SMILES string of the molecule is O=C1C=CC(O)(C2=CCCCO2)C=C1Br. The van der Waals surface area contributed by atoms with Crippen LogP contribution in [0.5, 0.6) is 0 Å². The Labute approximate surface area is 96.2 Å². The molecule has 1 N–H and O–H groups in total. The van der Waals surface area contributed by atoms with Crippen LogP contribution in [0, 0.1) is 0 Å². The van der Waals surface area contributed by atoms with Crippen molar-refractivity contribution >= 4 is 21.7 Å². The molecule has 0 aromatic rings. The molecule has 0 saturated heterocycles. The van der Waals surface area contributed by atoms with E-state index in [0.29, 0.717) is 16.8 Å². The maximum atomic E-state index is 11.2. The van der Waals surface area contributed by atoms with E-state index < -0.39 is 5.60 Å². The third-order valence-corrected chi connectivity index (χ3v) is 3.02. The minimum absolute atomic E-state index is 0.143. The van der Waals surface area contributed by atoms with Crippen molar-refractivity contribution in [3.63, 3.8) is 0 Å². The van der Waals surface area contributed by atoms with Crippen LogP contribution in [0.3, 0.4) is 0 Å². The summed E-state index contributed by atoms with van der Waals surface area (Å²) in [7, 11) is 0. The number of aliphatic hydroxyl groups is 1. The average Bonchev–Trinajstić information content (AvgIpc) is 2.26. The smallest absolute Gasteiger partial charge is 0.192 e. The van der Waals surface area contributed by atoms with Gasteiger partial charge in [0.1, 0.15) is 5.76 Å². The predicted octanol–water partition coefficient (Wildman–Crippen LogP) is 1.83. The molecule has 0 amide bonds.